The van der Waals surface area contributed by atoms with Crippen molar-refractivity contribution < 1.29 is 56.8 Å². The van der Waals surface area contributed by atoms with Crippen LogP contribution in [0, 0.1) is 29.6 Å². The zero-order valence-corrected chi connectivity index (χ0v) is 53.8. The Morgan fingerprint density at radius 1 is 0.740 bits per heavy atom. The minimum atomic E-state index is -2.70. The van der Waals surface area contributed by atoms with Crippen molar-refractivity contribution in [3.63, 3.8) is 0 Å². The van der Waals surface area contributed by atoms with Gasteiger partial charge in [-0.25, -0.2) is 4.79 Å². The van der Waals surface area contributed by atoms with Gasteiger partial charge in [-0.3, -0.25) is 14.4 Å². The molecular weight excluding hydrogens is 1010 g/mol. The van der Waals surface area contributed by atoms with Crippen LogP contribution < -0.4 is 0 Å². The number of amides is 1. The number of hydrogen-bond donors (Lipinski definition) is 1. The van der Waals surface area contributed by atoms with Gasteiger partial charge in [0.2, 0.25) is 22.4 Å². The number of carbonyl (C=O) groups is 4. The summed E-state index contributed by atoms with van der Waals surface area (Å²) in [6, 6.07) is -1.12. The lowest BCUT2D eigenvalue weighted by atomic mass is 9.81. The number of allylic oxidation sites excluding steroid dienone is 4. The fourth-order valence-electron chi connectivity index (χ4n) is 15.0. The molecule has 0 aromatic heterocycles. The Bertz CT molecular complexity index is 1980. The standard InChI is InChI=1S/C62H109NO12Si2/c1-22-25-49-31-43(14)30-44(15)32-55(70-20)58-56(71-21)34-46(17)62(68,73-58)59(65)60(66)63-29-24-23-26-50(63)61(67)72-57(47(18)53(36-51(49)64)75-77(40(8)9,41(10)11)42(12)13)45(16)33-48-27-28-52(54(35-48)69-19)74-76(37(2)3,38(4)5)39(6)7/h22,31,33,37-42,44,46-50,52-58,68H,1,23-30,32,34-36H2,2-21H3/b43-31+,45-33?. The minimum Gasteiger partial charge on any atom is -0.456 e. The van der Waals surface area contributed by atoms with Crippen molar-refractivity contribution in [1.82, 2.24) is 4.90 Å². The number of esters is 1. The quantitative estimate of drug-likeness (QED) is 0.0637. The summed E-state index contributed by atoms with van der Waals surface area (Å²) in [4.78, 5) is 61.3. The third kappa shape index (κ3) is 15.2. The average molecular weight is 1120 g/mol. The molecule has 15 heteroatoms. The van der Waals surface area contributed by atoms with E-state index in [4.69, 9.17) is 32.5 Å². The van der Waals surface area contributed by atoms with Crippen LogP contribution in [0.2, 0.25) is 33.2 Å². The van der Waals surface area contributed by atoms with E-state index < -0.39 is 94.4 Å². The average Bonchev–Trinajstić information content (AvgIpc) is 3.36. The van der Waals surface area contributed by atoms with Gasteiger partial charge in [0, 0.05) is 52.0 Å². The van der Waals surface area contributed by atoms with Crippen molar-refractivity contribution in [2.75, 3.05) is 27.9 Å². The van der Waals surface area contributed by atoms with E-state index in [1.807, 2.05) is 20.8 Å². The number of carbonyl (C=O) groups excluding carboxylic acids is 4. The molecule has 4 rings (SSSR count). The monoisotopic (exact) mass is 1120 g/mol. The number of ether oxygens (including phenoxy) is 5. The highest BCUT2D eigenvalue weighted by molar-refractivity contribution is 6.78. The topological polar surface area (TPSA) is 156 Å². The molecule has 1 amide bonds. The SMILES string of the molecule is C=CCC1/C=C(\C)CC(C)CC(OC)C2OC(O)(C(=O)C(=O)N3CCCCC3C(=O)OC(C(C)=CC3CCC(O[Si](C(C)C)(C(C)C)C(C)C)C(OC)C3)C(C)C(O[Si](C(C)C)(C(C)C)C(C)C)CC1=O)C(C)CC2OC. The van der Waals surface area contributed by atoms with Crippen molar-refractivity contribution in [3.05, 3.63) is 36.0 Å². The number of methoxy groups -OCH3 is 3. The summed E-state index contributed by atoms with van der Waals surface area (Å²) in [7, 11) is -0.0121. The van der Waals surface area contributed by atoms with Gasteiger partial charge in [0.05, 0.1) is 30.5 Å². The van der Waals surface area contributed by atoms with E-state index in [0.717, 1.165) is 30.4 Å². The second-order valence-electron chi connectivity index (χ2n) is 26.1. The van der Waals surface area contributed by atoms with Crippen molar-refractivity contribution in [2.24, 2.45) is 29.6 Å². The molecule has 0 aromatic rings. The number of piperidine rings is 1. The predicted molar refractivity (Wildman–Crippen MR) is 312 cm³/mol. The highest BCUT2D eigenvalue weighted by Gasteiger charge is 2.57. The van der Waals surface area contributed by atoms with E-state index in [9.17, 15) is 14.7 Å². The van der Waals surface area contributed by atoms with E-state index in [2.05, 4.69) is 109 Å². The van der Waals surface area contributed by atoms with E-state index in [1.165, 1.54) is 4.90 Å². The van der Waals surface area contributed by atoms with Crippen molar-refractivity contribution >= 4 is 40.1 Å². The molecule has 3 heterocycles. The molecule has 0 spiro atoms. The molecule has 4 aliphatic rings. The first kappa shape index (κ1) is 67.2. The Labute approximate surface area is 469 Å². The van der Waals surface area contributed by atoms with Gasteiger partial charge in [-0.05, 0) is 129 Å². The van der Waals surface area contributed by atoms with Gasteiger partial charge in [-0.15, -0.1) is 6.58 Å². The van der Waals surface area contributed by atoms with Crippen molar-refractivity contribution in [1.29, 1.82) is 0 Å². The lowest BCUT2D eigenvalue weighted by molar-refractivity contribution is -0.302. The lowest BCUT2D eigenvalue weighted by Crippen LogP contribution is -2.64. The Hall–Kier alpha value is -2.35. The number of nitrogens with zero attached hydrogens (tertiary/aromatic N) is 1. The summed E-state index contributed by atoms with van der Waals surface area (Å²) in [6.07, 6.45) is 8.03. The van der Waals surface area contributed by atoms with Crippen LogP contribution in [0.1, 0.15) is 188 Å². The Kier molecular flexibility index (Phi) is 25.4. The maximum absolute atomic E-state index is 15.3. The molecular formula is C62H109NO12Si2. The van der Waals surface area contributed by atoms with Gasteiger partial charge >= 0.3 is 5.97 Å². The number of cyclic esters (lactones) is 1. The lowest BCUT2D eigenvalue weighted by Gasteiger charge is -2.47. The molecule has 442 valence electrons. The van der Waals surface area contributed by atoms with E-state index in [1.54, 1.807) is 34.3 Å². The molecule has 0 aromatic carbocycles. The fourth-order valence-corrected chi connectivity index (χ4v) is 26.3. The highest BCUT2D eigenvalue weighted by atomic mass is 28.4. The molecule has 3 aliphatic heterocycles. The third-order valence-corrected chi connectivity index (χ3v) is 31.2. The molecule has 3 fully saturated rings. The zero-order chi connectivity index (χ0) is 58.1. The van der Waals surface area contributed by atoms with Gasteiger partial charge in [0.15, 0.2) is 0 Å². The van der Waals surface area contributed by atoms with Gasteiger partial charge in [-0.2, -0.15) is 0 Å². The summed E-state index contributed by atoms with van der Waals surface area (Å²) in [5, 5.41) is 12.4. The number of ketones is 2. The van der Waals surface area contributed by atoms with Crippen LogP contribution in [0.5, 0.6) is 0 Å². The van der Waals surface area contributed by atoms with Crippen LogP contribution in [0.3, 0.4) is 0 Å². The number of hydrogen-bond acceptors (Lipinski definition) is 12. The summed E-state index contributed by atoms with van der Waals surface area (Å²) >= 11 is 0. The summed E-state index contributed by atoms with van der Waals surface area (Å²) in [5.41, 5.74) is 3.73. The fraction of sp³-hybridized carbons (Fsp3) is 0.839. The molecule has 1 N–H and O–H groups in total. The molecule has 2 bridgehead atoms. The van der Waals surface area contributed by atoms with Gasteiger partial charge in [0.1, 0.15) is 24.0 Å². The molecule has 14 unspecified atom stereocenters. The molecule has 1 saturated carbocycles. The van der Waals surface area contributed by atoms with Crippen LogP contribution in [-0.2, 0) is 51.7 Å². The highest BCUT2D eigenvalue weighted by Crippen LogP contribution is 2.48. The van der Waals surface area contributed by atoms with Crippen LogP contribution in [0.15, 0.2) is 36.0 Å². The molecule has 2 saturated heterocycles. The maximum Gasteiger partial charge on any atom is 0.329 e. The summed E-state index contributed by atoms with van der Waals surface area (Å²) in [5.74, 6) is -6.99. The zero-order valence-electron chi connectivity index (χ0n) is 51.8. The first-order valence-electron chi connectivity index (χ1n) is 29.9. The number of Topliss-reactive ketones (excluding diaryl/α,β-unsaturated/α-hetero) is 2. The van der Waals surface area contributed by atoms with Crippen LogP contribution in [-0.4, -0.2) is 133 Å². The molecule has 14 atom stereocenters. The summed E-state index contributed by atoms with van der Waals surface area (Å²) in [6.45, 7) is 41.4. The molecule has 1 aliphatic carbocycles. The molecule has 0 radical (unpaired) electrons. The van der Waals surface area contributed by atoms with E-state index in [0.29, 0.717) is 48.7 Å². The Morgan fingerprint density at radius 2 is 1.27 bits per heavy atom. The van der Waals surface area contributed by atoms with Crippen LogP contribution >= 0.6 is 0 Å². The maximum atomic E-state index is 15.3. The summed E-state index contributed by atoms with van der Waals surface area (Å²) < 4.78 is 46.7. The van der Waals surface area contributed by atoms with Crippen molar-refractivity contribution in [2.45, 2.75) is 276 Å². The van der Waals surface area contributed by atoms with Crippen molar-refractivity contribution in [3.8, 4) is 0 Å². The number of fused-ring (bicyclic) bond motifs is 3. The Balaban J connectivity index is 1.95. The smallest absolute Gasteiger partial charge is 0.329 e. The van der Waals surface area contributed by atoms with E-state index >= 15 is 9.59 Å². The Morgan fingerprint density at radius 3 is 1.79 bits per heavy atom. The third-order valence-electron chi connectivity index (χ3n) is 18.9. The number of rotatable bonds is 17. The first-order valence-corrected chi connectivity index (χ1v) is 34.2. The van der Waals surface area contributed by atoms with Gasteiger partial charge < -0.3 is 42.5 Å². The minimum absolute atomic E-state index is 0.0200. The first-order chi connectivity index (χ1) is 36.0. The van der Waals surface area contributed by atoms with Crippen LogP contribution in [0.25, 0.3) is 0 Å². The van der Waals surface area contributed by atoms with Crippen LogP contribution in [0.4, 0.5) is 0 Å². The normalized spacial score (nSPS) is 34.4. The predicted octanol–water partition coefficient (Wildman–Crippen LogP) is 13.0. The number of aliphatic hydroxyl groups is 1. The largest absolute Gasteiger partial charge is 0.456 e. The molecule has 77 heavy (non-hydrogen) atoms. The van der Waals surface area contributed by atoms with Gasteiger partial charge in [-0.1, -0.05) is 128 Å². The second-order valence-corrected chi connectivity index (χ2v) is 36.9. The second kappa shape index (κ2) is 29.1. The van der Waals surface area contributed by atoms with E-state index in [-0.39, 0.29) is 72.3 Å². The molecule has 13 nitrogen and oxygen atoms in total. The van der Waals surface area contributed by atoms with Gasteiger partial charge in [0.25, 0.3) is 11.7 Å².